The second-order valence-corrected chi connectivity index (χ2v) is 8.77. The molecule has 1 aliphatic rings. The van der Waals surface area contributed by atoms with E-state index in [2.05, 4.69) is 5.32 Å². The van der Waals surface area contributed by atoms with E-state index in [-0.39, 0.29) is 11.8 Å². The molecule has 2 amide bonds. The van der Waals surface area contributed by atoms with Crippen molar-refractivity contribution < 1.29 is 19.1 Å². The fraction of sp³-hybridized carbons (Fsp3) is 0.250. The normalized spacial score (nSPS) is 17.7. The van der Waals surface area contributed by atoms with Crippen LogP contribution in [0.2, 0.25) is 5.02 Å². The molecule has 3 aromatic rings. The lowest BCUT2D eigenvalue weighted by Gasteiger charge is -2.41. The second-order valence-electron chi connectivity index (χ2n) is 7.35. The van der Waals surface area contributed by atoms with Crippen LogP contribution in [0.15, 0.2) is 60.0 Å². The molecule has 0 spiro atoms. The highest BCUT2D eigenvalue weighted by molar-refractivity contribution is 7.10. The van der Waals surface area contributed by atoms with E-state index in [1.807, 2.05) is 35.7 Å². The van der Waals surface area contributed by atoms with E-state index in [1.54, 1.807) is 36.3 Å². The zero-order chi connectivity index (χ0) is 22.7. The van der Waals surface area contributed by atoms with Crippen molar-refractivity contribution in [1.29, 1.82) is 0 Å². The van der Waals surface area contributed by atoms with Gasteiger partial charge in [0.2, 0.25) is 5.91 Å². The molecule has 2 aromatic carbocycles. The summed E-state index contributed by atoms with van der Waals surface area (Å²) < 4.78 is 10.7. The summed E-state index contributed by atoms with van der Waals surface area (Å²) in [5.41, 5.74) is 1.70. The maximum atomic E-state index is 13.8. The Morgan fingerprint density at radius 1 is 1.16 bits per heavy atom. The van der Waals surface area contributed by atoms with Crippen LogP contribution in [-0.2, 0) is 9.53 Å². The average Bonchev–Trinajstić information content (AvgIpc) is 3.33. The first-order valence-electron chi connectivity index (χ1n) is 10.1. The number of hydrogen-bond donors (Lipinski definition) is 1. The smallest absolute Gasteiger partial charge is 0.254 e. The first kappa shape index (κ1) is 22.3. The number of benzene rings is 2. The number of methoxy groups -OCH3 is 2. The lowest BCUT2D eigenvalue weighted by molar-refractivity contribution is -0.119. The molecule has 1 N–H and O–H groups in total. The van der Waals surface area contributed by atoms with Gasteiger partial charge in [0, 0.05) is 29.1 Å². The Hall–Kier alpha value is -2.87. The van der Waals surface area contributed by atoms with Gasteiger partial charge in [-0.2, -0.15) is 0 Å². The van der Waals surface area contributed by atoms with Crippen molar-refractivity contribution in [3.8, 4) is 5.75 Å². The largest absolute Gasteiger partial charge is 0.495 e. The quantitative estimate of drug-likeness (QED) is 0.529. The highest BCUT2D eigenvalue weighted by Crippen LogP contribution is 2.45. The maximum Gasteiger partial charge on any atom is 0.254 e. The summed E-state index contributed by atoms with van der Waals surface area (Å²) in [5, 5.41) is 5.41. The number of nitrogens with one attached hydrogen (secondary N) is 1. The number of carbonyl (C=O) groups excluding carboxylic acids is 2. The SMILES string of the molecule is COCCN1C(=O)c2ccccc2[C@@H](C(=O)Nc2cc(Cl)ccc2OC)[C@H]1c1cccs1. The third-order valence-electron chi connectivity index (χ3n) is 5.51. The predicted octanol–water partition coefficient (Wildman–Crippen LogP) is 4.98. The van der Waals surface area contributed by atoms with E-state index in [9.17, 15) is 9.59 Å². The van der Waals surface area contributed by atoms with Crippen LogP contribution < -0.4 is 10.1 Å². The van der Waals surface area contributed by atoms with Gasteiger partial charge in [-0.3, -0.25) is 9.59 Å². The summed E-state index contributed by atoms with van der Waals surface area (Å²) in [6.07, 6.45) is 0. The lowest BCUT2D eigenvalue weighted by Crippen LogP contribution is -2.47. The molecule has 0 saturated heterocycles. The van der Waals surface area contributed by atoms with Crippen molar-refractivity contribution in [2.24, 2.45) is 0 Å². The van der Waals surface area contributed by atoms with Crippen LogP contribution in [0.1, 0.15) is 32.8 Å². The van der Waals surface area contributed by atoms with Crippen LogP contribution in [0.3, 0.4) is 0 Å². The number of fused-ring (bicyclic) bond motifs is 1. The minimum absolute atomic E-state index is 0.111. The van der Waals surface area contributed by atoms with Gasteiger partial charge in [0.1, 0.15) is 5.75 Å². The molecule has 4 rings (SSSR count). The summed E-state index contributed by atoms with van der Waals surface area (Å²) in [4.78, 5) is 29.8. The number of thiophene rings is 1. The predicted molar refractivity (Wildman–Crippen MR) is 126 cm³/mol. The molecule has 0 fully saturated rings. The number of amides is 2. The molecular formula is C24H23ClN2O4S. The van der Waals surface area contributed by atoms with Gasteiger partial charge in [-0.1, -0.05) is 35.9 Å². The van der Waals surface area contributed by atoms with Gasteiger partial charge in [-0.25, -0.2) is 0 Å². The van der Waals surface area contributed by atoms with Crippen LogP contribution in [0, 0.1) is 0 Å². The Balaban J connectivity index is 1.81. The average molecular weight is 471 g/mol. The van der Waals surface area contributed by atoms with E-state index >= 15 is 0 Å². The van der Waals surface area contributed by atoms with E-state index in [0.717, 1.165) is 4.88 Å². The molecule has 166 valence electrons. The highest BCUT2D eigenvalue weighted by atomic mass is 35.5. The Morgan fingerprint density at radius 3 is 2.69 bits per heavy atom. The van der Waals surface area contributed by atoms with Crippen LogP contribution in [0.25, 0.3) is 0 Å². The van der Waals surface area contributed by atoms with Gasteiger partial charge in [-0.05, 0) is 41.3 Å². The number of nitrogens with zero attached hydrogens (tertiary/aromatic N) is 1. The Morgan fingerprint density at radius 2 is 1.97 bits per heavy atom. The number of rotatable bonds is 7. The summed E-state index contributed by atoms with van der Waals surface area (Å²) in [7, 11) is 3.13. The van der Waals surface area contributed by atoms with Crippen molar-refractivity contribution in [2.75, 3.05) is 32.7 Å². The molecule has 0 bridgehead atoms. The molecule has 0 unspecified atom stereocenters. The third kappa shape index (κ3) is 4.24. The summed E-state index contributed by atoms with van der Waals surface area (Å²) in [6.45, 7) is 0.739. The number of hydrogen-bond acceptors (Lipinski definition) is 5. The molecule has 1 aliphatic heterocycles. The van der Waals surface area contributed by atoms with Gasteiger partial charge in [0.15, 0.2) is 0 Å². The third-order valence-corrected chi connectivity index (χ3v) is 6.69. The monoisotopic (exact) mass is 470 g/mol. The van der Waals surface area contributed by atoms with Gasteiger partial charge in [0.25, 0.3) is 5.91 Å². The van der Waals surface area contributed by atoms with Gasteiger partial charge < -0.3 is 19.7 Å². The Kier molecular flexibility index (Phi) is 6.79. The van der Waals surface area contributed by atoms with Crippen molar-refractivity contribution in [3.05, 3.63) is 81.0 Å². The minimum Gasteiger partial charge on any atom is -0.495 e. The Labute approximate surface area is 195 Å². The molecule has 0 radical (unpaired) electrons. The molecule has 6 nitrogen and oxygen atoms in total. The molecule has 2 atom stereocenters. The minimum atomic E-state index is -0.622. The molecule has 8 heteroatoms. The molecule has 0 saturated carbocycles. The summed E-state index contributed by atoms with van der Waals surface area (Å²) in [6, 6.07) is 15.8. The molecule has 0 aliphatic carbocycles. The van der Waals surface area contributed by atoms with E-state index in [0.29, 0.717) is 40.7 Å². The van der Waals surface area contributed by atoms with E-state index < -0.39 is 12.0 Å². The first-order chi connectivity index (χ1) is 15.5. The van der Waals surface area contributed by atoms with Crippen LogP contribution in [0.5, 0.6) is 5.75 Å². The molecular weight excluding hydrogens is 448 g/mol. The van der Waals surface area contributed by atoms with Crippen LogP contribution in [0.4, 0.5) is 5.69 Å². The molecule has 1 aromatic heterocycles. The van der Waals surface area contributed by atoms with Gasteiger partial charge in [-0.15, -0.1) is 11.3 Å². The van der Waals surface area contributed by atoms with Crippen molar-refractivity contribution in [3.63, 3.8) is 0 Å². The van der Waals surface area contributed by atoms with Crippen molar-refractivity contribution in [1.82, 2.24) is 4.90 Å². The summed E-state index contributed by atoms with van der Waals surface area (Å²) in [5.74, 6) is -0.471. The zero-order valence-corrected chi connectivity index (χ0v) is 19.3. The fourth-order valence-electron chi connectivity index (χ4n) is 4.07. The second kappa shape index (κ2) is 9.73. The number of anilines is 1. The molecule has 32 heavy (non-hydrogen) atoms. The van der Waals surface area contributed by atoms with Gasteiger partial charge in [0.05, 0.1) is 31.4 Å². The standard InChI is InChI=1S/C24H23ClN2O4S/c1-30-12-11-27-22(20-8-5-13-32-20)21(16-6-3-4-7-17(16)24(27)29)23(28)26-18-14-15(25)9-10-19(18)31-2/h3-10,13-14,21-22H,11-12H2,1-2H3,(H,26,28)/t21-,22-/m1/s1. The van der Waals surface area contributed by atoms with Crippen LogP contribution in [-0.4, -0.2) is 44.1 Å². The topological polar surface area (TPSA) is 67.9 Å². The first-order valence-corrected chi connectivity index (χ1v) is 11.4. The fourth-order valence-corrected chi connectivity index (χ4v) is 5.12. The number of ether oxygens (including phenoxy) is 2. The van der Waals surface area contributed by atoms with E-state index in [1.165, 1.54) is 18.4 Å². The molecule has 2 heterocycles. The van der Waals surface area contributed by atoms with Gasteiger partial charge >= 0.3 is 0 Å². The van der Waals surface area contributed by atoms with Crippen LogP contribution >= 0.6 is 22.9 Å². The van der Waals surface area contributed by atoms with Crippen molar-refractivity contribution >= 4 is 40.4 Å². The summed E-state index contributed by atoms with van der Waals surface area (Å²) >= 11 is 7.68. The highest BCUT2D eigenvalue weighted by Gasteiger charge is 2.44. The van der Waals surface area contributed by atoms with Crippen molar-refractivity contribution in [2.45, 2.75) is 12.0 Å². The van der Waals surface area contributed by atoms with E-state index in [4.69, 9.17) is 21.1 Å². The number of halogens is 1. The number of carbonyl (C=O) groups is 2. The zero-order valence-electron chi connectivity index (χ0n) is 17.7. The lowest BCUT2D eigenvalue weighted by atomic mass is 9.81. The Bertz CT molecular complexity index is 1120. The maximum absolute atomic E-state index is 13.8.